The Morgan fingerprint density at radius 3 is 1.92 bits per heavy atom. The van der Waals surface area contributed by atoms with Gasteiger partial charge in [0.05, 0.1) is 5.75 Å². The van der Waals surface area contributed by atoms with Crippen LogP contribution in [0.5, 0.6) is 0 Å². The zero-order valence-electron chi connectivity index (χ0n) is 7.03. The molecule has 0 aromatic rings. The molecule has 4 nitrogen and oxygen atoms in total. The van der Waals surface area contributed by atoms with Crippen LogP contribution in [0.1, 0.15) is 25.7 Å². The first-order chi connectivity index (χ1) is 5.06. The molecule has 0 saturated carbocycles. The summed E-state index contributed by atoms with van der Waals surface area (Å²) in [5.74, 6) is 0.0948. The van der Waals surface area contributed by atoms with Crippen LogP contribution < -0.4 is 10.9 Å². The molecular weight excluding hydrogens is 200 g/mol. The van der Waals surface area contributed by atoms with Crippen LogP contribution in [-0.2, 0) is 10.0 Å². The Labute approximate surface area is 80.2 Å². The molecule has 0 saturated heterocycles. The first kappa shape index (κ1) is 14.7. The number of primary sulfonamides is 1. The van der Waals surface area contributed by atoms with E-state index in [0.717, 1.165) is 19.3 Å². The van der Waals surface area contributed by atoms with E-state index in [2.05, 4.69) is 0 Å². The fourth-order valence-corrected chi connectivity index (χ4v) is 1.41. The number of rotatable bonds is 6. The second kappa shape index (κ2) is 7.79. The molecule has 0 atom stereocenters. The Bertz CT molecular complexity index is 182. The van der Waals surface area contributed by atoms with Gasteiger partial charge in [0.25, 0.3) is 0 Å². The molecule has 6 heteroatoms. The van der Waals surface area contributed by atoms with Crippen molar-refractivity contribution in [2.75, 3.05) is 12.3 Å². The van der Waals surface area contributed by atoms with Crippen LogP contribution >= 0.6 is 12.4 Å². The van der Waals surface area contributed by atoms with Gasteiger partial charge in [0.15, 0.2) is 0 Å². The standard InChI is InChI=1S/C6H16N2O2S.ClH/c7-5-3-1-2-4-6-11(8,9)10;/h1-7H2,(H2,8,9,10);1H. The largest absolute Gasteiger partial charge is 0.330 e. The van der Waals surface area contributed by atoms with E-state index in [0.29, 0.717) is 13.0 Å². The summed E-state index contributed by atoms with van der Waals surface area (Å²) in [6.07, 6.45) is 3.50. The topological polar surface area (TPSA) is 86.2 Å². The van der Waals surface area contributed by atoms with Crippen molar-refractivity contribution in [3.8, 4) is 0 Å². The molecule has 0 aliphatic heterocycles. The van der Waals surface area contributed by atoms with Gasteiger partial charge < -0.3 is 5.73 Å². The van der Waals surface area contributed by atoms with Gasteiger partial charge in [-0.2, -0.15) is 0 Å². The maximum atomic E-state index is 10.4. The lowest BCUT2D eigenvalue weighted by molar-refractivity contribution is 0.589. The van der Waals surface area contributed by atoms with Crippen molar-refractivity contribution in [3.63, 3.8) is 0 Å². The van der Waals surface area contributed by atoms with Crippen LogP contribution in [0.3, 0.4) is 0 Å². The predicted molar refractivity (Wildman–Crippen MR) is 52.7 cm³/mol. The summed E-state index contributed by atoms with van der Waals surface area (Å²) >= 11 is 0. The third-order valence-corrected chi connectivity index (χ3v) is 2.24. The van der Waals surface area contributed by atoms with Crippen molar-refractivity contribution in [3.05, 3.63) is 0 Å². The first-order valence-electron chi connectivity index (χ1n) is 3.77. The summed E-state index contributed by atoms with van der Waals surface area (Å²) in [4.78, 5) is 0. The van der Waals surface area contributed by atoms with Crippen LogP contribution in [0.15, 0.2) is 0 Å². The molecule has 0 radical (unpaired) electrons. The van der Waals surface area contributed by atoms with E-state index in [1.54, 1.807) is 0 Å². The van der Waals surface area contributed by atoms with Crippen LogP contribution in [0, 0.1) is 0 Å². The summed E-state index contributed by atoms with van der Waals surface area (Å²) in [6.45, 7) is 0.676. The van der Waals surface area contributed by atoms with Gasteiger partial charge >= 0.3 is 0 Å². The van der Waals surface area contributed by atoms with Crippen LogP contribution in [0.25, 0.3) is 0 Å². The van der Waals surface area contributed by atoms with Gasteiger partial charge in [-0.05, 0) is 19.4 Å². The van der Waals surface area contributed by atoms with Gasteiger partial charge in [0.2, 0.25) is 10.0 Å². The molecule has 0 bridgehead atoms. The van der Waals surface area contributed by atoms with Crippen LogP contribution in [-0.4, -0.2) is 20.7 Å². The number of unbranched alkanes of at least 4 members (excludes halogenated alkanes) is 3. The highest BCUT2D eigenvalue weighted by Crippen LogP contribution is 1.99. The van der Waals surface area contributed by atoms with Gasteiger partial charge in [-0.15, -0.1) is 12.4 Å². The summed E-state index contributed by atoms with van der Waals surface area (Å²) in [5, 5.41) is 4.80. The average Bonchev–Trinajstić information content (AvgIpc) is 1.85. The van der Waals surface area contributed by atoms with E-state index in [4.69, 9.17) is 10.9 Å². The van der Waals surface area contributed by atoms with E-state index in [9.17, 15) is 8.42 Å². The summed E-state index contributed by atoms with van der Waals surface area (Å²) in [7, 11) is -3.24. The number of halogens is 1. The third-order valence-electron chi connectivity index (χ3n) is 1.38. The molecule has 0 aliphatic rings. The highest BCUT2D eigenvalue weighted by atomic mass is 35.5. The van der Waals surface area contributed by atoms with Crippen LogP contribution in [0.2, 0.25) is 0 Å². The van der Waals surface area contributed by atoms with E-state index in [1.807, 2.05) is 0 Å². The Morgan fingerprint density at radius 1 is 1.00 bits per heavy atom. The molecule has 4 N–H and O–H groups in total. The van der Waals surface area contributed by atoms with E-state index in [1.165, 1.54) is 0 Å². The molecule has 0 amide bonds. The number of nitrogens with two attached hydrogens (primary N) is 2. The zero-order chi connectivity index (χ0) is 8.74. The van der Waals surface area contributed by atoms with Gasteiger partial charge in [-0.1, -0.05) is 12.8 Å². The lowest BCUT2D eigenvalue weighted by Gasteiger charge is -1.97. The molecule has 76 valence electrons. The summed E-state index contributed by atoms with van der Waals surface area (Å²) in [5.41, 5.74) is 5.25. The molecule has 0 heterocycles. The molecule has 0 aromatic carbocycles. The SMILES string of the molecule is Cl.NCCCCCCS(N)(=O)=O. The van der Waals surface area contributed by atoms with Crippen molar-refractivity contribution < 1.29 is 8.42 Å². The van der Waals surface area contributed by atoms with Crippen molar-refractivity contribution in [2.24, 2.45) is 10.9 Å². The van der Waals surface area contributed by atoms with Crippen molar-refractivity contribution >= 4 is 22.4 Å². The second-order valence-electron chi connectivity index (χ2n) is 2.57. The Morgan fingerprint density at radius 2 is 1.50 bits per heavy atom. The third kappa shape index (κ3) is 12.8. The number of hydrogen-bond acceptors (Lipinski definition) is 3. The van der Waals surface area contributed by atoms with E-state index in [-0.39, 0.29) is 18.2 Å². The highest BCUT2D eigenvalue weighted by molar-refractivity contribution is 7.89. The molecular formula is C6H17ClN2O2S. The van der Waals surface area contributed by atoms with Crippen molar-refractivity contribution in [1.29, 1.82) is 0 Å². The van der Waals surface area contributed by atoms with E-state index < -0.39 is 10.0 Å². The van der Waals surface area contributed by atoms with Crippen molar-refractivity contribution in [2.45, 2.75) is 25.7 Å². The normalized spacial score (nSPS) is 10.8. The minimum Gasteiger partial charge on any atom is -0.330 e. The molecule has 0 spiro atoms. The Balaban J connectivity index is 0. The Kier molecular flexibility index (Phi) is 9.53. The molecule has 0 fully saturated rings. The summed E-state index contributed by atoms with van der Waals surface area (Å²) in [6, 6.07) is 0. The molecule has 0 aromatic heterocycles. The molecule has 12 heavy (non-hydrogen) atoms. The second-order valence-corrected chi connectivity index (χ2v) is 4.30. The van der Waals surface area contributed by atoms with E-state index >= 15 is 0 Å². The van der Waals surface area contributed by atoms with Gasteiger partial charge in [0, 0.05) is 0 Å². The Hall–Kier alpha value is 0.160. The lowest BCUT2D eigenvalue weighted by atomic mass is 10.2. The summed E-state index contributed by atoms with van der Waals surface area (Å²) < 4.78 is 20.8. The van der Waals surface area contributed by atoms with Gasteiger partial charge in [-0.3, -0.25) is 0 Å². The zero-order valence-corrected chi connectivity index (χ0v) is 8.66. The average molecular weight is 217 g/mol. The molecule has 0 rings (SSSR count). The maximum Gasteiger partial charge on any atom is 0.209 e. The monoisotopic (exact) mass is 216 g/mol. The van der Waals surface area contributed by atoms with Crippen molar-refractivity contribution in [1.82, 2.24) is 0 Å². The van der Waals surface area contributed by atoms with Gasteiger partial charge in [0.1, 0.15) is 0 Å². The lowest BCUT2D eigenvalue weighted by Crippen LogP contribution is -2.16. The minimum atomic E-state index is -3.24. The molecule has 0 unspecified atom stereocenters. The fraction of sp³-hybridized carbons (Fsp3) is 1.00. The molecule has 0 aliphatic carbocycles. The predicted octanol–water partition coefficient (Wildman–Crippen LogP) is 0.216. The smallest absolute Gasteiger partial charge is 0.209 e. The number of sulfonamides is 1. The van der Waals surface area contributed by atoms with Crippen LogP contribution in [0.4, 0.5) is 0 Å². The minimum absolute atomic E-state index is 0. The quantitative estimate of drug-likeness (QED) is 0.623. The fourth-order valence-electron chi connectivity index (χ4n) is 0.801. The number of hydrogen-bond donors (Lipinski definition) is 2. The maximum absolute atomic E-state index is 10.4. The first-order valence-corrected chi connectivity index (χ1v) is 5.48. The van der Waals surface area contributed by atoms with Gasteiger partial charge in [-0.25, -0.2) is 13.6 Å². The highest BCUT2D eigenvalue weighted by Gasteiger charge is 2.00.